The van der Waals surface area contributed by atoms with Gasteiger partial charge in [-0.2, -0.15) is 0 Å². The zero-order valence-electron chi connectivity index (χ0n) is 10.4. The summed E-state index contributed by atoms with van der Waals surface area (Å²) in [5, 5.41) is 12.7. The number of hydrogen-bond donors (Lipinski definition) is 1. The van der Waals surface area contributed by atoms with Gasteiger partial charge in [0.2, 0.25) is 5.78 Å². The third-order valence-corrected chi connectivity index (χ3v) is 4.00. The van der Waals surface area contributed by atoms with E-state index in [-0.39, 0.29) is 16.9 Å². The predicted molar refractivity (Wildman–Crippen MR) is 78.7 cm³/mol. The minimum Gasteiger partial charge on any atom is -0.478 e. The van der Waals surface area contributed by atoms with Gasteiger partial charge in [-0.3, -0.25) is 4.79 Å². The SMILES string of the molecule is O=C(O)c1ccc2ccccc2c1C(=O)c1cccs1. The van der Waals surface area contributed by atoms with Gasteiger partial charge < -0.3 is 5.11 Å². The first-order valence-corrected chi connectivity index (χ1v) is 6.89. The molecule has 4 heteroatoms. The maximum atomic E-state index is 12.6. The summed E-state index contributed by atoms with van der Waals surface area (Å²) >= 11 is 1.31. The van der Waals surface area contributed by atoms with E-state index < -0.39 is 5.97 Å². The van der Waals surface area contributed by atoms with Gasteiger partial charge >= 0.3 is 5.97 Å². The molecule has 1 aromatic heterocycles. The number of carboxylic acid groups (broad SMARTS) is 1. The summed E-state index contributed by atoms with van der Waals surface area (Å²) in [6, 6.07) is 14.0. The molecule has 1 N–H and O–H groups in total. The monoisotopic (exact) mass is 282 g/mol. The van der Waals surface area contributed by atoms with Gasteiger partial charge in [-0.25, -0.2) is 4.79 Å². The summed E-state index contributed by atoms with van der Waals surface area (Å²) in [7, 11) is 0. The van der Waals surface area contributed by atoms with Gasteiger partial charge in [-0.15, -0.1) is 11.3 Å². The molecule has 0 radical (unpaired) electrons. The maximum Gasteiger partial charge on any atom is 0.336 e. The van der Waals surface area contributed by atoms with Crippen molar-refractivity contribution in [1.82, 2.24) is 0 Å². The minimum absolute atomic E-state index is 0.0436. The summed E-state index contributed by atoms with van der Waals surface area (Å²) in [4.78, 5) is 24.5. The highest BCUT2D eigenvalue weighted by Gasteiger charge is 2.21. The first kappa shape index (κ1) is 12.6. The molecule has 0 aliphatic rings. The fourth-order valence-electron chi connectivity index (χ4n) is 2.23. The van der Waals surface area contributed by atoms with Crippen LogP contribution < -0.4 is 0 Å². The van der Waals surface area contributed by atoms with Crippen molar-refractivity contribution in [2.45, 2.75) is 0 Å². The molecule has 3 nitrogen and oxygen atoms in total. The second-order valence-corrected chi connectivity index (χ2v) is 5.27. The molecular formula is C16H10O3S. The fraction of sp³-hybridized carbons (Fsp3) is 0. The Labute approximate surface area is 119 Å². The van der Waals surface area contributed by atoms with Gasteiger partial charge in [0.1, 0.15) is 0 Å². The van der Waals surface area contributed by atoms with E-state index in [4.69, 9.17) is 0 Å². The molecule has 0 aliphatic carbocycles. The van der Waals surface area contributed by atoms with E-state index in [0.717, 1.165) is 5.39 Å². The molecule has 0 aliphatic heterocycles. The molecule has 2 aromatic carbocycles. The summed E-state index contributed by atoms with van der Waals surface area (Å²) in [5.41, 5.74) is 0.306. The van der Waals surface area contributed by atoms with Crippen LogP contribution in [0, 0.1) is 0 Å². The first-order valence-electron chi connectivity index (χ1n) is 6.02. The van der Waals surface area contributed by atoms with E-state index in [1.807, 2.05) is 12.1 Å². The van der Waals surface area contributed by atoms with E-state index in [1.54, 1.807) is 35.7 Å². The van der Waals surface area contributed by atoms with Gasteiger partial charge in [0.25, 0.3) is 0 Å². The van der Waals surface area contributed by atoms with Gasteiger partial charge in [-0.1, -0.05) is 36.4 Å². The summed E-state index contributed by atoms with van der Waals surface area (Å²) in [5.74, 6) is -1.33. The lowest BCUT2D eigenvalue weighted by atomic mass is 9.95. The van der Waals surface area contributed by atoms with E-state index >= 15 is 0 Å². The summed E-state index contributed by atoms with van der Waals surface area (Å²) in [6.07, 6.45) is 0. The fourth-order valence-corrected chi connectivity index (χ4v) is 2.90. The van der Waals surface area contributed by atoms with Crippen molar-refractivity contribution in [2.75, 3.05) is 0 Å². The van der Waals surface area contributed by atoms with E-state index in [9.17, 15) is 14.7 Å². The van der Waals surface area contributed by atoms with Crippen molar-refractivity contribution in [3.05, 3.63) is 69.9 Å². The number of rotatable bonds is 3. The highest BCUT2D eigenvalue weighted by atomic mass is 32.1. The summed E-state index contributed by atoms with van der Waals surface area (Å²) in [6.45, 7) is 0. The van der Waals surface area contributed by atoms with Crippen molar-refractivity contribution in [3.8, 4) is 0 Å². The van der Waals surface area contributed by atoms with E-state index in [0.29, 0.717) is 10.3 Å². The highest BCUT2D eigenvalue weighted by Crippen LogP contribution is 2.26. The lowest BCUT2D eigenvalue weighted by Crippen LogP contribution is -2.09. The second kappa shape index (κ2) is 4.90. The van der Waals surface area contributed by atoms with Gasteiger partial charge in [0.15, 0.2) is 0 Å². The molecule has 0 fully saturated rings. The molecule has 20 heavy (non-hydrogen) atoms. The molecule has 0 atom stereocenters. The number of benzene rings is 2. The topological polar surface area (TPSA) is 54.4 Å². The third kappa shape index (κ3) is 2.00. The van der Waals surface area contributed by atoms with E-state index in [2.05, 4.69) is 0 Å². The lowest BCUT2D eigenvalue weighted by molar-refractivity contribution is 0.0693. The number of carbonyl (C=O) groups is 2. The summed E-state index contributed by atoms with van der Waals surface area (Å²) < 4.78 is 0. The van der Waals surface area contributed by atoms with Crippen LogP contribution in [0.2, 0.25) is 0 Å². The number of fused-ring (bicyclic) bond motifs is 1. The average molecular weight is 282 g/mol. The van der Waals surface area contributed by atoms with Crippen molar-refractivity contribution in [1.29, 1.82) is 0 Å². The van der Waals surface area contributed by atoms with Crippen LogP contribution >= 0.6 is 11.3 Å². The Balaban J connectivity index is 2.33. The molecule has 0 saturated carbocycles. The predicted octanol–water partition coefficient (Wildman–Crippen LogP) is 3.83. The number of carboxylic acids is 1. The van der Waals surface area contributed by atoms with Gasteiger partial charge in [0, 0.05) is 5.56 Å². The highest BCUT2D eigenvalue weighted by molar-refractivity contribution is 7.12. The zero-order valence-corrected chi connectivity index (χ0v) is 11.2. The molecule has 0 spiro atoms. The molecule has 0 unspecified atom stereocenters. The largest absolute Gasteiger partial charge is 0.478 e. The van der Waals surface area contributed by atoms with Crippen LogP contribution in [0.4, 0.5) is 0 Å². The standard InChI is InChI=1S/C16H10O3S/c17-15(13-6-3-9-20-13)14-11-5-2-1-4-10(11)7-8-12(14)16(18)19/h1-9H,(H,18,19). The van der Waals surface area contributed by atoms with Crippen LogP contribution in [0.5, 0.6) is 0 Å². The zero-order chi connectivity index (χ0) is 14.1. The number of carbonyl (C=O) groups excluding carboxylic acids is 1. The average Bonchev–Trinajstić information content (AvgIpc) is 2.99. The Bertz CT molecular complexity index is 804. The minimum atomic E-state index is -1.09. The molecule has 0 saturated heterocycles. The van der Waals surface area contributed by atoms with Crippen LogP contribution in [-0.4, -0.2) is 16.9 Å². The molecule has 98 valence electrons. The molecule has 3 rings (SSSR count). The molecule has 3 aromatic rings. The smallest absolute Gasteiger partial charge is 0.336 e. The Morgan fingerprint density at radius 1 is 0.950 bits per heavy atom. The van der Waals surface area contributed by atoms with Crippen molar-refractivity contribution in [2.24, 2.45) is 0 Å². The maximum absolute atomic E-state index is 12.6. The number of aromatic carboxylic acids is 1. The number of thiophene rings is 1. The molecule has 0 amide bonds. The Morgan fingerprint density at radius 3 is 2.45 bits per heavy atom. The van der Waals surface area contributed by atoms with Crippen molar-refractivity contribution < 1.29 is 14.7 Å². The van der Waals surface area contributed by atoms with Crippen molar-refractivity contribution >= 4 is 33.9 Å². The van der Waals surface area contributed by atoms with Crippen molar-refractivity contribution in [3.63, 3.8) is 0 Å². The quantitative estimate of drug-likeness (QED) is 0.743. The number of hydrogen-bond acceptors (Lipinski definition) is 3. The second-order valence-electron chi connectivity index (χ2n) is 4.32. The molecule has 0 bridgehead atoms. The van der Waals surface area contributed by atoms with Crippen LogP contribution in [0.3, 0.4) is 0 Å². The Kier molecular flexibility index (Phi) is 3.08. The van der Waals surface area contributed by atoms with E-state index in [1.165, 1.54) is 17.4 Å². The normalized spacial score (nSPS) is 10.6. The third-order valence-electron chi connectivity index (χ3n) is 3.13. The molecular weight excluding hydrogens is 272 g/mol. The van der Waals surface area contributed by atoms with Crippen LogP contribution in [0.1, 0.15) is 25.6 Å². The lowest BCUT2D eigenvalue weighted by Gasteiger charge is -2.08. The molecule has 1 heterocycles. The number of ketones is 1. The van der Waals surface area contributed by atoms with Gasteiger partial charge in [-0.05, 0) is 28.3 Å². The van der Waals surface area contributed by atoms with Crippen LogP contribution in [-0.2, 0) is 0 Å². The van der Waals surface area contributed by atoms with Crippen LogP contribution in [0.15, 0.2) is 53.9 Å². The van der Waals surface area contributed by atoms with Crippen LogP contribution in [0.25, 0.3) is 10.8 Å². The Morgan fingerprint density at radius 2 is 1.75 bits per heavy atom. The Hall–Kier alpha value is -2.46. The first-order chi connectivity index (χ1) is 9.68. The van der Waals surface area contributed by atoms with Gasteiger partial charge in [0.05, 0.1) is 10.4 Å².